The van der Waals surface area contributed by atoms with Crippen LogP contribution in [0, 0.1) is 0 Å². The second-order valence-electron chi connectivity index (χ2n) is 2.12. The SMILES string of the molecule is CNCC1=NC(N)=CS1(=O)=O. The Bertz CT molecular complexity index is 315. The van der Waals surface area contributed by atoms with E-state index in [0.29, 0.717) is 0 Å². The van der Waals surface area contributed by atoms with E-state index in [0.717, 1.165) is 5.41 Å². The molecule has 0 saturated heterocycles. The van der Waals surface area contributed by atoms with Gasteiger partial charge in [-0.2, -0.15) is 0 Å². The lowest BCUT2D eigenvalue weighted by Crippen LogP contribution is -2.23. The molecular weight excluding hydrogens is 166 g/mol. The van der Waals surface area contributed by atoms with Gasteiger partial charge in [-0.05, 0) is 7.05 Å². The van der Waals surface area contributed by atoms with Crippen LogP contribution in [0.2, 0.25) is 0 Å². The summed E-state index contributed by atoms with van der Waals surface area (Å²) in [5, 5.41) is 3.73. The molecule has 1 aliphatic rings. The largest absolute Gasteiger partial charge is 0.383 e. The van der Waals surface area contributed by atoms with E-state index in [1.165, 1.54) is 0 Å². The van der Waals surface area contributed by atoms with Crippen molar-refractivity contribution in [3.63, 3.8) is 0 Å². The molecule has 6 heteroatoms. The third kappa shape index (κ3) is 1.58. The highest BCUT2D eigenvalue weighted by Gasteiger charge is 2.22. The first-order chi connectivity index (χ1) is 5.06. The summed E-state index contributed by atoms with van der Waals surface area (Å²) >= 11 is 0. The van der Waals surface area contributed by atoms with Gasteiger partial charge in [-0.15, -0.1) is 0 Å². The van der Waals surface area contributed by atoms with Gasteiger partial charge in [0.05, 0.1) is 5.41 Å². The van der Waals surface area contributed by atoms with E-state index in [2.05, 4.69) is 10.3 Å². The molecule has 62 valence electrons. The molecule has 0 radical (unpaired) electrons. The number of nitrogens with two attached hydrogens (primary N) is 1. The first-order valence-corrected chi connectivity index (χ1v) is 4.55. The van der Waals surface area contributed by atoms with Crippen molar-refractivity contribution in [3.05, 3.63) is 11.2 Å². The molecular formula is C5H9N3O2S. The zero-order valence-corrected chi connectivity index (χ0v) is 6.85. The van der Waals surface area contributed by atoms with Crippen molar-refractivity contribution in [1.29, 1.82) is 0 Å². The van der Waals surface area contributed by atoms with Gasteiger partial charge in [0.25, 0.3) is 0 Å². The summed E-state index contributed by atoms with van der Waals surface area (Å²) in [5.41, 5.74) is 5.20. The van der Waals surface area contributed by atoms with Crippen LogP contribution in [0.1, 0.15) is 0 Å². The molecule has 0 aromatic rings. The lowest BCUT2D eigenvalue weighted by atomic mass is 10.7. The van der Waals surface area contributed by atoms with E-state index in [4.69, 9.17) is 5.73 Å². The molecule has 3 N–H and O–H groups in total. The molecule has 0 spiro atoms. The smallest absolute Gasteiger partial charge is 0.218 e. The number of nitrogens with zero attached hydrogens (tertiary/aromatic N) is 1. The van der Waals surface area contributed by atoms with Gasteiger partial charge < -0.3 is 11.1 Å². The molecule has 0 amide bonds. The fourth-order valence-electron chi connectivity index (χ4n) is 0.752. The van der Waals surface area contributed by atoms with Gasteiger partial charge in [-0.25, -0.2) is 13.4 Å². The van der Waals surface area contributed by atoms with Crippen molar-refractivity contribution < 1.29 is 8.42 Å². The van der Waals surface area contributed by atoms with Crippen LogP contribution in [0.3, 0.4) is 0 Å². The highest BCUT2D eigenvalue weighted by atomic mass is 32.2. The predicted octanol–water partition coefficient (Wildman–Crippen LogP) is -1.21. The molecule has 0 aromatic heterocycles. The highest BCUT2D eigenvalue weighted by molar-refractivity contribution is 8.09. The molecule has 0 aliphatic carbocycles. The normalized spacial score (nSPS) is 21.2. The Labute approximate surface area is 64.9 Å². The summed E-state index contributed by atoms with van der Waals surface area (Å²) in [6, 6.07) is 0. The second-order valence-corrected chi connectivity index (χ2v) is 3.92. The van der Waals surface area contributed by atoms with Crippen molar-refractivity contribution in [1.82, 2.24) is 5.32 Å². The minimum Gasteiger partial charge on any atom is -0.383 e. The lowest BCUT2D eigenvalue weighted by Gasteiger charge is -1.95. The van der Waals surface area contributed by atoms with E-state index in [-0.39, 0.29) is 17.4 Å². The molecule has 0 atom stereocenters. The second kappa shape index (κ2) is 2.63. The molecule has 0 aromatic carbocycles. The van der Waals surface area contributed by atoms with Crippen LogP contribution in [-0.2, 0) is 9.84 Å². The molecule has 1 heterocycles. The number of hydrogen-bond donors (Lipinski definition) is 2. The Hall–Kier alpha value is -0.880. The minimum atomic E-state index is -3.30. The van der Waals surface area contributed by atoms with E-state index in [1.807, 2.05) is 0 Å². The average molecular weight is 175 g/mol. The maximum absolute atomic E-state index is 11.0. The summed E-state index contributed by atoms with van der Waals surface area (Å²) < 4.78 is 22.1. The molecule has 0 bridgehead atoms. The molecule has 1 aliphatic heterocycles. The molecule has 0 fully saturated rings. The van der Waals surface area contributed by atoms with E-state index < -0.39 is 9.84 Å². The third-order valence-corrected chi connectivity index (χ3v) is 2.63. The van der Waals surface area contributed by atoms with Crippen LogP contribution in [0.4, 0.5) is 0 Å². The van der Waals surface area contributed by atoms with Crippen molar-refractivity contribution in [3.8, 4) is 0 Å². The minimum absolute atomic E-state index is 0.0512. The van der Waals surface area contributed by atoms with Gasteiger partial charge >= 0.3 is 0 Å². The Morgan fingerprint density at radius 1 is 1.73 bits per heavy atom. The molecule has 5 nitrogen and oxygen atoms in total. The molecule has 1 rings (SSSR count). The van der Waals surface area contributed by atoms with Crippen LogP contribution in [0.25, 0.3) is 0 Å². The quantitative estimate of drug-likeness (QED) is 0.551. The van der Waals surface area contributed by atoms with Crippen LogP contribution < -0.4 is 11.1 Å². The molecule has 0 unspecified atom stereocenters. The third-order valence-electron chi connectivity index (χ3n) is 1.19. The Morgan fingerprint density at radius 3 is 2.73 bits per heavy atom. The summed E-state index contributed by atoms with van der Waals surface area (Å²) in [5.74, 6) is 0.0512. The van der Waals surface area contributed by atoms with Gasteiger partial charge in [-0.3, -0.25) is 0 Å². The maximum Gasteiger partial charge on any atom is 0.218 e. The van der Waals surface area contributed by atoms with Crippen LogP contribution in [-0.4, -0.2) is 27.1 Å². The van der Waals surface area contributed by atoms with Crippen molar-refractivity contribution in [2.75, 3.05) is 13.6 Å². The first kappa shape index (κ1) is 8.22. The van der Waals surface area contributed by atoms with Gasteiger partial charge in [-0.1, -0.05) is 0 Å². The summed E-state index contributed by atoms with van der Waals surface area (Å²) in [7, 11) is -1.65. The number of nitrogens with one attached hydrogen (secondary N) is 1. The fraction of sp³-hybridized carbons (Fsp3) is 0.400. The maximum atomic E-state index is 11.0. The average Bonchev–Trinajstić information content (AvgIpc) is 2.07. The zero-order chi connectivity index (χ0) is 8.48. The Kier molecular flexibility index (Phi) is 1.97. The lowest BCUT2D eigenvalue weighted by molar-refractivity contribution is 0.614. The fourth-order valence-corrected chi connectivity index (χ4v) is 1.84. The van der Waals surface area contributed by atoms with E-state index >= 15 is 0 Å². The number of sulfone groups is 1. The predicted molar refractivity (Wildman–Crippen MR) is 42.6 cm³/mol. The standard InChI is InChI=1S/C5H9N3O2S/c1-7-2-5-8-4(6)3-11(5,9)10/h3,7H,2,6H2,1H3. The van der Waals surface area contributed by atoms with Crippen molar-refractivity contribution >= 4 is 14.9 Å². The molecule has 11 heavy (non-hydrogen) atoms. The van der Waals surface area contributed by atoms with Crippen LogP contribution in [0.15, 0.2) is 16.2 Å². The van der Waals surface area contributed by atoms with Gasteiger partial charge in [0.2, 0.25) is 9.84 Å². The topological polar surface area (TPSA) is 84.5 Å². The number of rotatable bonds is 2. The van der Waals surface area contributed by atoms with Gasteiger partial charge in [0.15, 0.2) is 5.04 Å². The van der Waals surface area contributed by atoms with Crippen LogP contribution >= 0.6 is 0 Å². The summed E-state index contributed by atoms with van der Waals surface area (Å²) in [6.45, 7) is 0.222. The molecule has 0 saturated carbocycles. The summed E-state index contributed by atoms with van der Waals surface area (Å²) in [6.07, 6.45) is 0. The number of aliphatic imine (C=N–C) groups is 1. The highest BCUT2D eigenvalue weighted by Crippen LogP contribution is 2.09. The van der Waals surface area contributed by atoms with E-state index in [1.54, 1.807) is 7.05 Å². The Balaban J connectivity index is 2.95. The van der Waals surface area contributed by atoms with Gasteiger partial charge in [0, 0.05) is 6.54 Å². The van der Waals surface area contributed by atoms with E-state index in [9.17, 15) is 8.42 Å². The van der Waals surface area contributed by atoms with Crippen LogP contribution in [0.5, 0.6) is 0 Å². The zero-order valence-electron chi connectivity index (χ0n) is 6.03. The first-order valence-electron chi connectivity index (χ1n) is 3.00. The van der Waals surface area contributed by atoms with Crippen molar-refractivity contribution in [2.45, 2.75) is 0 Å². The number of hydrogen-bond acceptors (Lipinski definition) is 5. The Morgan fingerprint density at radius 2 is 2.36 bits per heavy atom. The summed E-state index contributed by atoms with van der Waals surface area (Å²) in [4.78, 5) is 3.64. The van der Waals surface area contributed by atoms with Crippen molar-refractivity contribution in [2.24, 2.45) is 10.7 Å². The van der Waals surface area contributed by atoms with Gasteiger partial charge in [0.1, 0.15) is 5.82 Å². The monoisotopic (exact) mass is 175 g/mol.